The van der Waals surface area contributed by atoms with Crippen molar-refractivity contribution in [1.82, 2.24) is 5.32 Å². The summed E-state index contributed by atoms with van der Waals surface area (Å²) in [5.41, 5.74) is -0.768. The quantitative estimate of drug-likeness (QED) is 0.809. The van der Waals surface area contributed by atoms with Crippen LogP contribution in [-0.2, 0) is 9.59 Å². The van der Waals surface area contributed by atoms with Crippen LogP contribution in [0.4, 0.5) is 10.5 Å². The van der Waals surface area contributed by atoms with Crippen LogP contribution >= 0.6 is 23.2 Å². The smallest absolute Gasteiger partial charge is 0.276 e. The number of imide groups is 2. The number of hydrogen-bond donors (Lipinski definition) is 1. The van der Waals surface area contributed by atoms with Gasteiger partial charge in [0.1, 0.15) is 5.41 Å². The fourth-order valence-electron chi connectivity index (χ4n) is 2.10. The first-order valence-electron chi connectivity index (χ1n) is 5.61. The molecule has 0 bridgehead atoms. The predicted molar refractivity (Wildman–Crippen MR) is 69.2 cm³/mol. The Bertz CT molecular complexity index is 625. The van der Waals surface area contributed by atoms with Crippen molar-refractivity contribution in [3.05, 3.63) is 28.2 Å². The number of carbonyl (C=O) groups is 3. The average molecular weight is 299 g/mol. The van der Waals surface area contributed by atoms with E-state index in [9.17, 15) is 14.4 Å². The topological polar surface area (TPSA) is 66.5 Å². The minimum absolute atomic E-state index is 0.238. The van der Waals surface area contributed by atoms with Gasteiger partial charge in [0.25, 0.3) is 5.91 Å². The third kappa shape index (κ3) is 1.73. The SMILES string of the molecule is O=C1NC(=O)C2(CC2)C(=O)N1c1ccc(Cl)c(Cl)c1. The average Bonchev–Trinajstić information content (AvgIpc) is 3.13. The highest BCUT2D eigenvalue weighted by atomic mass is 35.5. The van der Waals surface area contributed by atoms with Gasteiger partial charge in [-0.05, 0) is 31.0 Å². The molecule has 2 fully saturated rings. The minimum atomic E-state index is -1.07. The lowest BCUT2D eigenvalue weighted by Gasteiger charge is -2.30. The minimum Gasteiger partial charge on any atom is -0.276 e. The Morgan fingerprint density at radius 2 is 1.79 bits per heavy atom. The lowest BCUT2D eigenvalue weighted by molar-refractivity contribution is -0.136. The van der Waals surface area contributed by atoms with Crippen LogP contribution < -0.4 is 10.2 Å². The summed E-state index contributed by atoms with van der Waals surface area (Å²) in [6.45, 7) is 0. The van der Waals surface area contributed by atoms with E-state index >= 15 is 0 Å². The van der Waals surface area contributed by atoms with Crippen molar-refractivity contribution in [3.63, 3.8) is 0 Å². The first-order chi connectivity index (χ1) is 8.95. The van der Waals surface area contributed by atoms with Gasteiger partial charge in [-0.15, -0.1) is 0 Å². The number of nitrogens with zero attached hydrogens (tertiary/aromatic N) is 1. The van der Waals surface area contributed by atoms with Gasteiger partial charge in [0, 0.05) is 0 Å². The molecule has 0 aromatic heterocycles. The largest absolute Gasteiger partial charge is 0.335 e. The molecule has 1 aromatic rings. The Balaban J connectivity index is 2.03. The van der Waals surface area contributed by atoms with Crippen molar-refractivity contribution >= 4 is 46.7 Å². The molecule has 1 aromatic carbocycles. The van der Waals surface area contributed by atoms with Crippen molar-refractivity contribution in [1.29, 1.82) is 0 Å². The summed E-state index contributed by atoms with van der Waals surface area (Å²) in [6, 6.07) is 3.67. The second-order valence-electron chi connectivity index (χ2n) is 4.58. The standard InChI is InChI=1S/C12H8Cl2N2O3/c13-7-2-1-6(5-8(7)14)16-10(18)12(3-4-12)9(17)15-11(16)19/h1-2,5H,3-4H2,(H,15,17,19). The van der Waals surface area contributed by atoms with Crippen molar-refractivity contribution in [2.75, 3.05) is 4.90 Å². The molecule has 3 rings (SSSR count). The zero-order valence-corrected chi connectivity index (χ0v) is 11.1. The summed E-state index contributed by atoms with van der Waals surface area (Å²) < 4.78 is 0. The zero-order valence-electron chi connectivity index (χ0n) is 9.57. The first-order valence-corrected chi connectivity index (χ1v) is 6.36. The van der Waals surface area contributed by atoms with Crippen molar-refractivity contribution in [3.8, 4) is 0 Å². The zero-order chi connectivity index (χ0) is 13.8. The molecule has 98 valence electrons. The summed E-state index contributed by atoms with van der Waals surface area (Å²) in [5.74, 6) is -1.02. The number of hydrogen-bond acceptors (Lipinski definition) is 3. The molecule has 19 heavy (non-hydrogen) atoms. The number of nitrogens with one attached hydrogen (secondary N) is 1. The van der Waals surface area contributed by atoms with E-state index in [0.29, 0.717) is 23.6 Å². The number of amides is 4. The molecule has 0 radical (unpaired) electrons. The Hall–Kier alpha value is -1.59. The molecule has 0 atom stereocenters. The monoisotopic (exact) mass is 298 g/mol. The van der Waals surface area contributed by atoms with Gasteiger partial charge in [-0.2, -0.15) is 0 Å². The Labute approximate surface area is 118 Å². The molecule has 5 nitrogen and oxygen atoms in total. The number of carbonyl (C=O) groups excluding carboxylic acids is 3. The van der Waals surface area contributed by atoms with Gasteiger partial charge >= 0.3 is 6.03 Å². The number of halogens is 2. The number of urea groups is 1. The van der Waals surface area contributed by atoms with E-state index < -0.39 is 23.3 Å². The van der Waals surface area contributed by atoms with Crippen LogP contribution in [-0.4, -0.2) is 17.8 Å². The predicted octanol–water partition coefficient (Wildman–Crippen LogP) is 2.36. The fourth-order valence-corrected chi connectivity index (χ4v) is 2.39. The van der Waals surface area contributed by atoms with Crippen LogP contribution in [0.1, 0.15) is 12.8 Å². The van der Waals surface area contributed by atoms with Crippen molar-refractivity contribution < 1.29 is 14.4 Å². The van der Waals surface area contributed by atoms with E-state index in [0.717, 1.165) is 4.90 Å². The van der Waals surface area contributed by atoms with E-state index in [1.54, 1.807) is 0 Å². The molecule has 1 saturated heterocycles. The molecule has 4 amide bonds. The molecular formula is C12H8Cl2N2O3. The van der Waals surface area contributed by atoms with Gasteiger partial charge in [-0.1, -0.05) is 23.2 Å². The van der Waals surface area contributed by atoms with Gasteiger partial charge in [-0.25, -0.2) is 9.69 Å². The van der Waals surface area contributed by atoms with Gasteiger partial charge in [0.2, 0.25) is 5.91 Å². The number of anilines is 1. The molecule has 1 aliphatic carbocycles. The number of barbiturate groups is 1. The molecule has 1 aliphatic heterocycles. The Morgan fingerprint density at radius 1 is 1.11 bits per heavy atom. The van der Waals surface area contributed by atoms with Crippen LogP contribution in [0.2, 0.25) is 10.0 Å². The Morgan fingerprint density at radius 3 is 2.37 bits per heavy atom. The summed E-state index contributed by atoms with van der Waals surface area (Å²) in [7, 11) is 0. The second kappa shape index (κ2) is 3.95. The van der Waals surface area contributed by atoms with Crippen LogP contribution in [0.3, 0.4) is 0 Å². The van der Waals surface area contributed by atoms with Crippen LogP contribution in [0.15, 0.2) is 18.2 Å². The van der Waals surface area contributed by atoms with E-state index in [4.69, 9.17) is 23.2 Å². The third-order valence-corrected chi connectivity index (χ3v) is 4.12. The molecule has 1 heterocycles. The highest BCUT2D eigenvalue weighted by molar-refractivity contribution is 6.42. The van der Waals surface area contributed by atoms with E-state index in [1.165, 1.54) is 18.2 Å². The maximum absolute atomic E-state index is 12.3. The normalized spacial score (nSPS) is 20.7. The van der Waals surface area contributed by atoms with Crippen LogP contribution in [0, 0.1) is 5.41 Å². The van der Waals surface area contributed by atoms with Gasteiger partial charge in [0.15, 0.2) is 0 Å². The number of benzene rings is 1. The first kappa shape index (κ1) is 12.4. The lowest BCUT2D eigenvalue weighted by atomic mass is 10.0. The van der Waals surface area contributed by atoms with Gasteiger partial charge in [0.05, 0.1) is 15.7 Å². The fraction of sp³-hybridized carbons (Fsp3) is 0.250. The maximum Gasteiger partial charge on any atom is 0.335 e. The molecule has 7 heteroatoms. The van der Waals surface area contributed by atoms with E-state index in [2.05, 4.69) is 5.32 Å². The molecular weight excluding hydrogens is 291 g/mol. The molecule has 2 aliphatic rings. The second-order valence-corrected chi connectivity index (χ2v) is 5.39. The highest BCUT2D eigenvalue weighted by Crippen LogP contribution is 2.49. The molecule has 1 spiro atoms. The maximum atomic E-state index is 12.3. The summed E-state index contributed by atoms with van der Waals surface area (Å²) >= 11 is 11.7. The van der Waals surface area contributed by atoms with Crippen LogP contribution in [0.5, 0.6) is 0 Å². The molecule has 1 saturated carbocycles. The molecule has 1 N–H and O–H groups in total. The Kier molecular flexibility index (Phi) is 2.59. The summed E-state index contributed by atoms with van der Waals surface area (Å²) in [4.78, 5) is 36.7. The lowest BCUT2D eigenvalue weighted by Crippen LogP contribution is -2.59. The summed E-state index contributed by atoms with van der Waals surface area (Å²) in [6.07, 6.45) is 0.922. The number of rotatable bonds is 1. The van der Waals surface area contributed by atoms with E-state index in [1.807, 2.05) is 0 Å². The van der Waals surface area contributed by atoms with Gasteiger partial charge < -0.3 is 0 Å². The molecule has 0 unspecified atom stereocenters. The van der Waals surface area contributed by atoms with Crippen LogP contribution in [0.25, 0.3) is 0 Å². The van der Waals surface area contributed by atoms with Gasteiger partial charge in [-0.3, -0.25) is 14.9 Å². The van der Waals surface area contributed by atoms with Crippen molar-refractivity contribution in [2.24, 2.45) is 5.41 Å². The summed E-state index contributed by atoms with van der Waals surface area (Å²) in [5, 5.41) is 2.76. The van der Waals surface area contributed by atoms with Crippen molar-refractivity contribution in [2.45, 2.75) is 12.8 Å². The third-order valence-electron chi connectivity index (χ3n) is 3.38. The van der Waals surface area contributed by atoms with E-state index in [-0.39, 0.29) is 5.02 Å². The highest BCUT2D eigenvalue weighted by Gasteiger charge is 2.62.